The normalized spacial score (nSPS) is 11.4. The topological polar surface area (TPSA) is 49.3 Å². The van der Waals surface area contributed by atoms with Crippen LogP contribution in [-0.4, -0.2) is 28.9 Å². The van der Waals surface area contributed by atoms with E-state index in [2.05, 4.69) is 5.32 Å². The SMILES string of the molecule is CCC(O)(CC)CNC(=O)CCSc1ccc(Cl)cc1. The Labute approximate surface area is 130 Å². The molecule has 0 bridgehead atoms. The summed E-state index contributed by atoms with van der Waals surface area (Å²) in [6.45, 7) is 4.17. The van der Waals surface area contributed by atoms with Gasteiger partial charge < -0.3 is 10.4 Å². The van der Waals surface area contributed by atoms with E-state index >= 15 is 0 Å². The minimum Gasteiger partial charge on any atom is -0.388 e. The van der Waals surface area contributed by atoms with Crippen LogP contribution in [0.1, 0.15) is 33.1 Å². The van der Waals surface area contributed by atoms with Gasteiger partial charge in [-0.3, -0.25) is 4.79 Å². The van der Waals surface area contributed by atoms with Crippen LogP contribution in [0.15, 0.2) is 29.2 Å². The summed E-state index contributed by atoms with van der Waals surface area (Å²) in [6.07, 6.45) is 1.73. The highest BCUT2D eigenvalue weighted by atomic mass is 35.5. The standard InChI is InChI=1S/C15H22ClNO2S/c1-3-15(19,4-2)11-17-14(18)9-10-20-13-7-5-12(16)6-8-13/h5-8,19H,3-4,9-11H2,1-2H3,(H,17,18). The summed E-state index contributed by atoms with van der Waals surface area (Å²) >= 11 is 7.43. The minimum absolute atomic E-state index is 0.0215. The summed E-state index contributed by atoms with van der Waals surface area (Å²) in [5, 5.41) is 13.6. The molecule has 0 heterocycles. The van der Waals surface area contributed by atoms with Crippen LogP contribution < -0.4 is 5.32 Å². The number of carbonyl (C=O) groups excluding carboxylic acids is 1. The molecule has 112 valence electrons. The van der Waals surface area contributed by atoms with Crippen LogP contribution in [0.2, 0.25) is 5.02 Å². The van der Waals surface area contributed by atoms with Gasteiger partial charge >= 0.3 is 0 Å². The number of hydrogen-bond acceptors (Lipinski definition) is 3. The first-order chi connectivity index (χ1) is 9.49. The third kappa shape index (κ3) is 6.16. The Bertz CT molecular complexity index is 418. The number of nitrogens with one attached hydrogen (secondary N) is 1. The van der Waals surface area contributed by atoms with E-state index in [-0.39, 0.29) is 5.91 Å². The van der Waals surface area contributed by atoms with Crippen molar-refractivity contribution in [1.82, 2.24) is 5.32 Å². The Kier molecular flexibility index (Phi) is 7.41. The van der Waals surface area contributed by atoms with E-state index in [1.54, 1.807) is 11.8 Å². The van der Waals surface area contributed by atoms with Gasteiger partial charge in [0.1, 0.15) is 0 Å². The molecule has 0 unspecified atom stereocenters. The molecule has 0 aliphatic rings. The first-order valence-electron chi connectivity index (χ1n) is 6.86. The maximum atomic E-state index is 11.7. The van der Waals surface area contributed by atoms with Crippen LogP contribution in [0.3, 0.4) is 0 Å². The molecule has 1 rings (SSSR count). The van der Waals surface area contributed by atoms with Crippen LogP contribution in [0, 0.1) is 0 Å². The van der Waals surface area contributed by atoms with E-state index < -0.39 is 5.60 Å². The second-order valence-electron chi connectivity index (χ2n) is 4.76. The molecule has 0 radical (unpaired) electrons. The van der Waals surface area contributed by atoms with Gasteiger partial charge in [-0.1, -0.05) is 25.4 Å². The summed E-state index contributed by atoms with van der Waals surface area (Å²) in [5.41, 5.74) is -0.779. The molecule has 2 N–H and O–H groups in total. The molecule has 1 aromatic rings. The Morgan fingerprint density at radius 2 is 1.90 bits per heavy atom. The Balaban J connectivity index is 2.25. The van der Waals surface area contributed by atoms with Gasteiger partial charge in [0.05, 0.1) is 5.60 Å². The molecule has 3 nitrogen and oxygen atoms in total. The summed E-state index contributed by atoms with van der Waals surface area (Å²) in [5.74, 6) is 0.691. The largest absolute Gasteiger partial charge is 0.388 e. The fourth-order valence-corrected chi connectivity index (χ4v) is 2.62. The fraction of sp³-hybridized carbons (Fsp3) is 0.533. The lowest BCUT2D eigenvalue weighted by Gasteiger charge is -2.25. The molecule has 0 aromatic heterocycles. The summed E-state index contributed by atoms with van der Waals surface area (Å²) in [7, 11) is 0. The van der Waals surface area contributed by atoms with Gasteiger partial charge in [0.15, 0.2) is 0 Å². The molecule has 0 saturated heterocycles. The van der Waals surface area contributed by atoms with Crippen molar-refractivity contribution in [2.45, 2.75) is 43.6 Å². The average Bonchev–Trinajstić information content (AvgIpc) is 2.47. The average molecular weight is 316 g/mol. The Hall–Kier alpha value is -0.710. The second kappa shape index (κ2) is 8.55. The highest BCUT2D eigenvalue weighted by Crippen LogP contribution is 2.21. The third-order valence-electron chi connectivity index (χ3n) is 3.34. The third-order valence-corrected chi connectivity index (χ3v) is 4.61. The molecule has 5 heteroatoms. The number of rotatable bonds is 8. The number of hydrogen-bond donors (Lipinski definition) is 2. The quantitative estimate of drug-likeness (QED) is 0.722. The number of carbonyl (C=O) groups is 1. The van der Waals surface area contributed by atoms with Crippen molar-refractivity contribution >= 4 is 29.3 Å². The van der Waals surface area contributed by atoms with Gasteiger partial charge in [-0.25, -0.2) is 0 Å². The molecule has 0 spiro atoms. The summed E-state index contributed by atoms with van der Waals surface area (Å²) in [6, 6.07) is 7.56. The maximum absolute atomic E-state index is 11.7. The number of thioether (sulfide) groups is 1. The lowest BCUT2D eigenvalue weighted by molar-refractivity contribution is -0.122. The predicted molar refractivity (Wildman–Crippen MR) is 85.3 cm³/mol. The second-order valence-corrected chi connectivity index (χ2v) is 6.37. The van der Waals surface area contributed by atoms with E-state index in [0.717, 1.165) is 4.90 Å². The number of benzene rings is 1. The smallest absolute Gasteiger partial charge is 0.220 e. The van der Waals surface area contributed by atoms with E-state index in [0.29, 0.717) is 36.6 Å². The number of aliphatic hydroxyl groups is 1. The number of amides is 1. The van der Waals surface area contributed by atoms with Crippen molar-refractivity contribution in [2.24, 2.45) is 0 Å². The van der Waals surface area contributed by atoms with Gasteiger partial charge in [0, 0.05) is 28.6 Å². The van der Waals surface area contributed by atoms with Crippen molar-refractivity contribution in [3.8, 4) is 0 Å². The van der Waals surface area contributed by atoms with Gasteiger partial charge in [0.25, 0.3) is 0 Å². The van der Waals surface area contributed by atoms with E-state index in [1.807, 2.05) is 38.1 Å². The first-order valence-corrected chi connectivity index (χ1v) is 8.23. The van der Waals surface area contributed by atoms with Crippen molar-refractivity contribution in [3.05, 3.63) is 29.3 Å². The van der Waals surface area contributed by atoms with Crippen LogP contribution >= 0.6 is 23.4 Å². The fourth-order valence-electron chi connectivity index (χ4n) is 1.64. The molecule has 0 aliphatic carbocycles. The molecule has 0 atom stereocenters. The molecule has 0 saturated carbocycles. The monoisotopic (exact) mass is 315 g/mol. The zero-order valence-electron chi connectivity index (χ0n) is 12.0. The van der Waals surface area contributed by atoms with Crippen molar-refractivity contribution in [1.29, 1.82) is 0 Å². The zero-order valence-corrected chi connectivity index (χ0v) is 13.6. The van der Waals surface area contributed by atoms with Crippen LogP contribution in [-0.2, 0) is 4.79 Å². The zero-order chi connectivity index (χ0) is 15.0. The molecule has 1 aromatic carbocycles. The molecule has 0 fully saturated rings. The Morgan fingerprint density at radius 1 is 1.30 bits per heavy atom. The van der Waals surface area contributed by atoms with Crippen molar-refractivity contribution < 1.29 is 9.90 Å². The Morgan fingerprint density at radius 3 is 2.45 bits per heavy atom. The predicted octanol–water partition coefficient (Wildman–Crippen LogP) is 3.49. The molecule has 0 aliphatic heterocycles. The summed E-state index contributed by atoms with van der Waals surface area (Å²) in [4.78, 5) is 12.8. The van der Waals surface area contributed by atoms with Gasteiger partial charge in [-0.2, -0.15) is 0 Å². The maximum Gasteiger partial charge on any atom is 0.220 e. The van der Waals surface area contributed by atoms with Gasteiger partial charge in [-0.15, -0.1) is 11.8 Å². The van der Waals surface area contributed by atoms with E-state index in [4.69, 9.17) is 11.6 Å². The molecule has 20 heavy (non-hydrogen) atoms. The minimum atomic E-state index is -0.779. The summed E-state index contributed by atoms with van der Waals surface area (Å²) < 4.78 is 0. The van der Waals surface area contributed by atoms with Crippen molar-refractivity contribution in [2.75, 3.05) is 12.3 Å². The van der Waals surface area contributed by atoms with Crippen LogP contribution in [0.5, 0.6) is 0 Å². The molecular formula is C15H22ClNO2S. The van der Waals surface area contributed by atoms with E-state index in [1.165, 1.54) is 0 Å². The number of halogens is 1. The molecule has 1 amide bonds. The van der Waals surface area contributed by atoms with Gasteiger partial charge in [-0.05, 0) is 37.1 Å². The van der Waals surface area contributed by atoms with Crippen LogP contribution in [0.25, 0.3) is 0 Å². The lowest BCUT2D eigenvalue weighted by atomic mass is 9.97. The van der Waals surface area contributed by atoms with Gasteiger partial charge in [0.2, 0.25) is 5.91 Å². The van der Waals surface area contributed by atoms with Crippen molar-refractivity contribution in [3.63, 3.8) is 0 Å². The highest BCUT2D eigenvalue weighted by Gasteiger charge is 2.22. The highest BCUT2D eigenvalue weighted by molar-refractivity contribution is 7.99. The lowest BCUT2D eigenvalue weighted by Crippen LogP contribution is -2.42. The van der Waals surface area contributed by atoms with Crippen LogP contribution in [0.4, 0.5) is 0 Å². The first kappa shape index (κ1) is 17.3. The van der Waals surface area contributed by atoms with E-state index in [9.17, 15) is 9.90 Å². The molecular weight excluding hydrogens is 294 g/mol.